The normalized spacial score (nSPS) is 11.5. The van der Waals surface area contributed by atoms with E-state index < -0.39 is 0 Å². The van der Waals surface area contributed by atoms with Gasteiger partial charge in [-0.15, -0.1) is 0 Å². The molecule has 0 unspecified atom stereocenters. The molecule has 0 radical (unpaired) electrons. The van der Waals surface area contributed by atoms with Gasteiger partial charge in [0, 0.05) is 36.1 Å². The Balaban J connectivity index is 1.58. The number of hydrogen-bond donors (Lipinski definition) is 3. The van der Waals surface area contributed by atoms with Crippen LogP contribution in [0.25, 0.3) is 44.7 Å². The van der Waals surface area contributed by atoms with Gasteiger partial charge >= 0.3 is 0 Å². The molecule has 0 aliphatic heterocycles. The monoisotopic (exact) mass is 369 g/mol. The summed E-state index contributed by atoms with van der Waals surface area (Å²) in [5.74, 6) is 0. The molecular weight excluding hydrogens is 350 g/mol. The highest BCUT2D eigenvalue weighted by molar-refractivity contribution is 5.93. The largest absolute Gasteiger partial charge is 0.338 e. The maximum absolute atomic E-state index is 4.88. The molecule has 5 aromatic heterocycles. The van der Waals surface area contributed by atoms with Gasteiger partial charge in [0.1, 0.15) is 16.9 Å². The smallest absolute Gasteiger partial charge is 0.137 e. The maximum atomic E-state index is 4.88. The van der Waals surface area contributed by atoms with Crippen molar-refractivity contribution >= 4 is 22.1 Å². The van der Waals surface area contributed by atoms with Crippen molar-refractivity contribution in [1.29, 1.82) is 0 Å². The Morgan fingerprint density at radius 3 is 2.96 bits per heavy atom. The molecule has 0 spiro atoms. The first-order chi connectivity index (χ1) is 13.8. The predicted octanol–water partition coefficient (Wildman–Crippen LogP) is 3.67. The van der Waals surface area contributed by atoms with Crippen molar-refractivity contribution in [3.05, 3.63) is 60.6 Å². The molecule has 5 heterocycles. The fraction of sp³-hybridized carbons (Fsp3) is 0.143. The molecule has 138 valence electrons. The van der Waals surface area contributed by atoms with Crippen LogP contribution < -0.4 is 5.32 Å². The Morgan fingerprint density at radius 2 is 2.07 bits per heavy atom. The van der Waals surface area contributed by atoms with E-state index in [9.17, 15) is 0 Å². The van der Waals surface area contributed by atoms with Gasteiger partial charge in [0.05, 0.1) is 16.9 Å². The zero-order chi connectivity index (χ0) is 18.9. The van der Waals surface area contributed by atoms with Crippen LogP contribution in [0.2, 0.25) is 0 Å². The number of aromatic amines is 2. The summed E-state index contributed by atoms with van der Waals surface area (Å²) in [6, 6.07) is 12.1. The molecule has 0 aliphatic rings. The van der Waals surface area contributed by atoms with E-state index in [2.05, 4.69) is 43.5 Å². The van der Waals surface area contributed by atoms with Gasteiger partial charge in [-0.05, 0) is 48.5 Å². The van der Waals surface area contributed by atoms with E-state index in [1.807, 2.05) is 42.7 Å². The van der Waals surface area contributed by atoms with Gasteiger partial charge in [0.15, 0.2) is 0 Å². The highest BCUT2D eigenvalue weighted by Gasteiger charge is 2.14. The van der Waals surface area contributed by atoms with E-state index in [1.54, 1.807) is 6.20 Å². The molecule has 0 amide bonds. The van der Waals surface area contributed by atoms with Gasteiger partial charge in [-0.2, -0.15) is 5.10 Å². The van der Waals surface area contributed by atoms with Crippen molar-refractivity contribution in [3.63, 3.8) is 0 Å². The third-order valence-corrected chi connectivity index (χ3v) is 4.72. The molecule has 5 rings (SSSR count). The summed E-state index contributed by atoms with van der Waals surface area (Å²) in [6.07, 6.45) is 5.50. The van der Waals surface area contributed by atoms with Gasteiger partial charge in [-0.25, -0.2) is 9.97 Å². The average molecular weight is 369 g/mol. The molecule has 0 aliphatic carbocycles. The first-order valence-electron chi connectivity index (χ1n) is 9.26. The highest BCUT2D eigenvalue weighted by Crippen LogP contribution is 2.29. The van der Waals surface area contributed by atoms with Gasteiger partial charge in [-0.3, -0.25) is 10.1 Å². The lowest BCUT2D eigenvalue weighted by Gasteiger charge is -2.05. The molecule has 0 atom stereocenters. The Kier molecular flexibility index (Phi) is 4.06. The van der Waals surface area contributed by atoms with Gasteiger partial charge in [0.25, 0.3) is 0 Å². The van der Waals surface area contributed by atoms with E-state index in [-0.39, 0.29) is 0 Å². The van der Waals surface area contributed by atoms with E-state index >= 15 is 0 Å². The number of H-pyrrole nitrogens is 2. The number of rotatable bonds is 5. The Bertz CT molecular complexity index is 1240. The summed E-state index contributed by atoms with van der Waals surface area (Å²) in [5.41, 5.74) is 7.22. The summed E-state index contributed by atoms with van der Waals surface area (Å²) in [5, 5.41) is 11.9. The quantitative estimate of drug-likeness (QED) is 0.439. The summed E-state index contributed by atoms with van der Waals surface area (Å²) in [6.45, 7) is 3.80. The molecule has 0 bridgehead atoms. The highest BCUT2D eigenvalue weighted by atomic mass is 15.1. The molecule has 3 N–H and O–H groups in total. The molecule has 0 saturated heterocycles. The Labute approximate surface area is 161 Å². The lowest BCUT2D eigenvalue weighted by Crippen LogP contribution is -2.11. The van der Waals surface area contributed by atoms with Gasteiger partial charge in [-0.1, -0.05) is 6.92 Å². The van der Waals surface area contributed by atoms with E-state index in [0.29, 0.717) is 0 Å². The second kappa shape index (κ2) is 6.86. The van der Waals surface area contributed by atoms with Gasteiger partial charge in [0.2, 0.25) is 0 Å². The van der Waals surface area contributed by atoms with Crippen LogP contribution in [0, 0.1) is 0 Å². The van der Waals surface area contributed by atoms with Crippen LogP contribution in [-0.2, 0) is 6.54 Å². The molecular formula is C21H19N7. The second-order valence-electron chi connectivity index (χ2n) is 6.65. The summed E-state index contributed by atoms with van der Waals surface area (Å²) >= 11 is 0. The lowest BCUT2D eigenvalue weighted by molar-refractivity contribution is 0.724. The van der Waals surface area contributed by atoms with Crippen LogP contribution in [0.5, 0.6) is 0 Å². The zero-order valence-corrected chi connectivity index (χ0v) is 15.4. The number of nitrogens with one attached hydrogen (secondary N) is 3. The SMILES string of the molecule is CCNCc1cncc(-c2ccc3[nH]nc(-c4cc5cccnc5[nH]4)c3n2)c1. The third kappa shape index (κ3) is 2.91. The maximum Gasteiger partial charge on any atom is 0.137 e. The van der Waals surface area contributed by atoms with Crippen molar-refractivity contribution in [1.82, 2.24) is 35.5 Å². The molecule has 0 saturated carbocycles. The van der Waals surface area contributed by atoms with Crippen molar-refractivity contribution < 1.29 is 0 Å². The first-order valence-corrected chi connectivity index (χ1v) is 9.26. The fourth-order valence-electron chi connectivity index (χ4n) is 3.33. The topological polar surface area (TPSA) is 95.2 Å². The molecule has 0 aromatic carbocycles. The second-order valence-corrected chi connectivity index (χ2v) is 6.65. The van der Waals surface area contributed by atoms with Crippen LogP contribution in [0.3, 0.4) is 0 Å². The molecule has 7 nitrogen and oxygen atoms in total. The standard InChI is InChI=1S/C21H19N7/c1-2-22-10-13-8-15(12-23-11-13)16-5-6-17-19(25-16)20(28-27-17)18-9-14-4-3-7-24-21(14)26-18/h3-9,11-12,22H,2,10H2,1H3,(H,24,26)(H,27,28). The first kappa shape index (κ1) is 16.6. The number of aromatic nitrogens is 6. The van der Waals surface area contributed by atoms with Crippen molar-refractivity contribution in [3.8, 4) is 22.6 Å². The van der Waals surface area contributed by atoms with Gasteiger partial charge < -0.3 is 10.3 Å². The minimum atomic E-state index is 0.784. The van der Waals surface area contributed by atoms with Crippen molar-refractivity contribution in [2.45, 2.75) is 13.5 Å². The number of fused-ring (bicyclic) bond motifs is 2. The zero-order valence-electron chi connectivity index (χ0n) is 15.4. The molecule has 7 heteroatoms. The Morgan fingerprint density at radius 1 is 1.11 bits per heavy atom. The summed E-state index contributed by atoms with van der Waals surface area (Å²) < 4.78 is 0. The minimum absolute atomic E-state index is 0.784. The predicted molar refractivity (Wildman–Crippen MR) is 110 cm³/mol. The number of nitrogens with zero attached hydrogens (tertiary/aromatic N) is 4. The van der Waals surface area contributed by atoms with Crippen LogP contribution in [0.1, 0.15) is 12.5 Å². The molecule has 28 heavy (non-hydrogen) atoms. The lowest BCUT2D eigenvalue weighted by atomic mass is 10.1. The van der Waals surface area contributed by atoms with Crippen molar-refractivity contribution in [2.24, 2.45) is 0 Å². The summed E-state index contributed by atoms with van der Waals surface area (Å²) in [7, 11) is 0. The third-order valence-electron chi connectivity index (χ3n) is 4.72. The minimum Gasteiger partial charge on any atom is -0.338 e. The van der Waals surface area contributed by atoms with Crippen LogP contribution in [-0.4, -0.2) is 36.7 Å². The molecule has 5 aromatic rings. The molecule has 0 fully saturated rings. The number of hydrogen-bond acceptors (Lipinski definition) is 5. The average Bonchev–Trinajstić information content (AvgIpc) is 3.35. The van der Waals surface area contributed by atoms with E-state index in [0.717, 1.165) is 63.4 Å². The fourth-order valence-corrected chi connectivity index (χ4v) is 3.33. The van der Waals surface area contributed by atoms with Crippen molar-refractivity contribution in [2.75, 3.05) is 6.54 Å². The van der Waals surface area contributed by atoms with Crippen LogP contribution in [0.15, 0.2) is 55.0 Å². The van der Waals surface area contributed by atoms with Crippen LogP contribution >= 0.6 is 0 Å². The van der Waals surface area contributed by atoms with E-state index in [1.165, 1.54) is 0 Å². The summed E-state index contributed by atoms with van der Waals surface area (Å²) in [4.78, 5) is 16.9. The number of pyridine rings is 3. The van der Waals surface area contributed by atoms with E-state index in [4.69, 9.17) is 4.98 Å². The van der Waals surface area contributed by atoms with Crippen LogP contribution in [0.4, 0.5) is 0 Å². The Hall–Kier alpha value is -3.58.